The number of aliphatic hydroxyl groups is 1. The Bertz CT molecular complexity index is 177. The molecule has 0 saturated carbocycles. The van der Waals surface area contributed by atoms with Crippen molar-refractivity contribution in [2.45, 2.75) is 19.4 Å². The highest BCUT2D eigenvalue weighted by atomic mass is 16.5. The van der Waals surface area contributed by atoms with Crippen LogP contribution in [0.5, 0.6) is 0 Å². The van der Waals surface area contributed by atoms with Gasteiger partial charge >= 0.3 is 0 Å². The largest absolute Gasteiger partial charge is 0.389 e. The van der Waals surface area contributed by atoms with Gasteiger partial charge in [-0.15, -0.1) is 0 Å². The Labute approximate surface area is 84.8 Å². The average Bonchev–Trinajstić information content (AvgIpc) is 2.01. The number of ether oxygens (including phenoxy) is 1. The van der Waals surface area contributed by atoms with Crippen LogP contribution in [0.4, 0.5) is 0 Å². The number of hydrogen-bond donors (Lipinski definition) is 2. The number of carbonyl (C=O) groups excluding carboxylic acids is 1. The first-order valence-electron chi connectivity index (χ1n) is 4.61. The van der Waals surface area contributed by atoms with E-state index in [0.29, 0.717) is 13.2 Å². The van der Waals surface area contributed by atoms with Crippen LogP contribution in [0.15, 0.2) is 0 Å². The number of hydrogen-bond acceptors (Lipinski definition) is 4. The van der Waals surface area contributed by atoms with Gasteiger partial charge in [-0.1, -0.05) is 0 Å². The van der Waals surface area contributed by atoms with Crippen LogP contribution in [-0.4, -0.2) is 54.9 Å². The average molecular weight is 204 g/mol. The van der Waals surface area contributed by atoms with E-state index in [9.17, 15) is 9.90 Å². The van der Waals surface area contributed by atoms with Crippen LogP contribution in [0.1, 0.15) is 13.8 Å². The van der Waals surface area contributed by atoms with Gasteiger partial charge < -0.3 is 20.5 Å². The molecule has 0 spiro atoms. The first-order valence-corrected chi connectivity index (χ1v) is 4.61. The lowest BCUT2D eigenvalue weighted by Gasteiger charge is -2.25. The van der Waals surface area contributed by atoms with Crippen molar-refractivity contribution in [2.75, 3.05) is 33.4 Å². The van der Waals surface area contributed by atoms with Crippen LogP contribution in [0.25, 0.3) is 0 Å². The van der Waals surface area contributed by atoms with E-state index < -0.39 is 5.60 Å². The summed E-state index contributed by atoms with van der Waals surface area (Å²) in [7, 11) is 1.63. The predicted molar refractivity (Wildman–Crippen MR) is 53.8 cm³/mol. The summed E-state index contributed by atoms with van der Waals surface area (Å²) in [5.74, 6) is -0.152. The van der Waals surface area contributed by atoms with Crippen molar-refractivity contribution >= 4 is 5.91 Å². The molecule has 5 heteroatoms. The fourth-order valence-electron chi connectivity index (χ4n) is 1.02. The van der Waals surface area contributed by atoms with Gasteiger partial charge in [-0.25, -0.2) is 0 Å². The molecule has 0 aliphatic heterocycles. The molecule has 5 nitrogen and oxygen atoms in total. The Kier molecular flexibility index (Phi) is 5.68. The number of carbonyl (C=O) groups is 1. The molecule has 0 saturated heterocycles. The van der Waals surface area contributed by atoms with E-state index in [1.54, 1.807) is 20.9 Å². The van der Waals surface area contributed by atoms with Crippen LogP contribution in [0.2, 0.25) is 0 Å². The molecule has 0 aliphatic carbocycles. The monoisotopic (exact) mass is 204 g/mol. The maximum atomic E-state index is 11.3. The molecule has 0 fully saturated rings. The lowest BCUT2D eigenvalue weighted by Crippen LogP contribution is -2.41. The molecular formula is C9H20N2O3. The van der Waals surface area contributed by atoms with Crippen molar-refractivity contribution in [3.8, 4) is 0 Å². The normalized spacial score (nSPS) is 11.5. The second kappa shape index (κ2) is 5.95. The van der Waals surface area contributed by atoms with Crippen molar-refractivity contribution in [1.82, 2.24) is 4.90 Å². The zero-order valence-corrected chi connectivity index (χ0v) is 9.12. The number of amides is 1. The molecule has 0 heterocycles. The van der Waals surface area contributed by atoms with Gasteiger partial charge in [0.25, 0.3) is 0 Å². The van der Waals surface area contributed by atoms with Crippen molar-refractivity contribution in [2.24, 2.45) is 5.73 Å². The Balaban J connectivity index is 3.77. The van der Waals surface area contributed by atoms with Crippen molar-refractivity contribution < 1.29 is 14.6 Å². The van der Waals surface area contributed by atoms with Crippen LogP contribution >= 0.6 is 0 Å². The molecule has 1 amide bonds. The van der Waals surface area contributed by atoms with E-state index in [1.807, 2.05) is 0 Å². The lowest BCUT2D eigenvalue weighted by molar-refractivity contribution is -0.137. The molecule has 3 N–H and O–H groups in total. The highest BCUT2D eigenvalue weighted by molar-refractivity contribution is 5.77. The molecule has 14 heavy (non-hydrogen) atoms. The first kappa shape index (κ1) is 13.4. The highest BCUT2D eigenvalue weighted by Crippen LogP contribution is 2.03. The van der Waals surface area contributed by atoms with Gasteiger partial charge in [0.1, 0.15) is 6.61 Å². The Morgan fingerprint density at radius 1 is 1.57 bits per heavy atom. The first-order chi connectivity index (χ1) is 6.37. The second-order valence-corrected chi connectivity index (χ2v) is 3.90. The van der Waals surface area contributed by atoms with Crippen LogP contribution in [0.3, 0.4) is 0 Å². The third kappa shape index (κ3) is 6.82. The molecule has 0 rings (SSSR count). The molecule has 0 aromatic rings. The van der Waals surface area contributed by atoms with Crippen molar-refractivity contribution in [3.05, 3.63) is 0 Å². The predicted octanol–water partition coefficient (Wildman–Crippen LogP) is -0.809. The molecule has 0 bridgehead atoms. The minimum Gasteiger partial charge on any atom is -0.389 e. The maximum absolute atomic E-state index is 11.3. The van der Waals surface area contributed by atoms with Crippen molar-refractivity contribution in [3.63, 3.8) is 0 Å². The Morgan fingerprint density at radius 2 is 2.14 bits per heavy atom. The summed E-state index contributed by atoms with van der Waals surface area (Å²) in [6.07, 6.45) is 0. The zero-order valence-electron chi connectivity index (χ0n) is 9.12. The summed E-state index contributed by atoms with van der Waals surface area (Å²) in [6, 6.07) is 0. The molecule has 0 atom stereocenters. The van der Waals surface area contributed by atoms with Gasteiger partial charge in [-0.05, 0) is 13.8 Å². The summed E-state index contributed by atoms with van der Waals surface area (Å²) in [5, 5.41) is 9.45. The second-order valence-electron chi connectivity index (χ2n) is 3.90. The minimum atomic E-state index is -0.877. The fraction of sp³-hybridized carbons (Fsp3) is 0.889. The van der Waals surface area contributed by atoms with Gasteiger partial charge in [0.15, 0.2) is 0 Å². The van der Waals surface area contributed by atoms with Crippen LogP contribution < -0.4 is 5.73 Å². The zero-order chi connectivity index (χ0) is 11.2. The number of nitrogens with two attached hydrogens (primary N) is 1. The van der Waals surface area contributed by atoms with E-state index in [0.717, 1.165) is 0 Å². The quantitative estimate of drug-likeness (QED) is 0.555. The van der Waals surface area contributed by atoms with Gasteiger partial charge in [-0.3, -0.25) is 4.79 Å². The number of likely N-dealkylation sites (N-methyl/N-ethyl adjacent to an activating group) is 1. The summed E-state index contributed by atoms with van der Waals surface area (Å²) in [6.45, 7) is 4.39. The molecule has 84 valence electrons. The third-order valence-corrected chi connectivity index (χ3v) is 1.54. The van der Waals surface area contributed by atoms with Gasteiger partial charge in [0, 0.05) is 20.1 Å². The topological polar surface area (TPSA) is 75.8 Å². The number of rotatable bonds is 6. The summed E-state index contributed by atoms with van der Waals surface area (Å²) in [4.78, 5) is 12.8. The molecule has 0 aliphatic rings. The number of nitrogens with zero attached hydrogens (tertiary/aromatic N) is 1. The smallest absolute Gasteiger partial charge is 0.248 e. The van der Waals surface area contributed by atoms with Crippen LogP contribution in [-0.2, 0) is 9.53 Å². The molecule has 0 aromatic carbocycles. The summed E-state index contributed by atoms with van der Waals surface area (Å²) in [5.41, 5.74) is 4.33. The highest BCUT2D eigenvalue weighted by Gasteiger charge is 2.18. The van der Waals surface area contributed by atoms with E-state index in [1.165, 1.54) is 4.90 Å². The minimum absolute atomic E-state index is 0.0176. The van der Waals surface area contributed by atoms with Crippen LogP contribution in [0, 0.1) is 0 Å². The molecule has 0 aromatic heterocycles. The fourth-order valence-corrected chi connectivity index (χ4v) is 1.02. The maximum Gasteiger partial charge on any atom is 0.248 e. The standard InChI is InChI=1S/C9H20N2O3/c1-9(2,13)7-11(3)8(12)6-14-5-4-10/h13H,4-7,10H2,1-3H3. The summed E-state index contributed by atoms with van der Waals surface area (Å²) < 4.78 is 4.98. The van der Waals surface area contributed by atoms with E-state index in [4.69, 9.17) is 10.5 Å². The Hall–Kier alpha value is -0.650. The van der Waals surface area contributed by atoms with E-state index in [2.05, 4.69) is 0 Å². The summed E-state index contributed by atoms with van der Waals surface area (Å²) >= 11 is 0. The molecule has 0 radical (unpaired) electrons. The van der Waals surface area contributed by atoms with E-state index >= 15 is 0 Å². The van der Waals surface area contributed by atoms with E-state index in [-0.39, 0.29) is 19.1 Å². The van der Waals surface area contributed by atoms with Gasteiger partial charge in [0.2, 0.25) is 5.91 Å². The lowest BCUT2D eigenvalue weighted by atomic mass is 10.1. The Morgan fingerprint density at radius 3 is 2.57 bits per heavy atom. The SMILES string of the molecule is CN(CC(C)(C)O)C(=O)COCCN. The van der Waals surface area contributed by atoms with Gasteiger partial charge in [-0.2, -0.15) is 0 Å². The van der Waals surface area contributed by atoms with Crippen molar-refractivity contribution in [1.29, 1.82) is 0 Å². The molecular weight excluding hydrogens is 184 g/mol. The third-order valence-electron chi connectivity index (χ3n) is 1.54. The van der Waals surface area contributed by atoms with Gasteiger partial charge in [0.05, 0.1) is 12.2 Å². The molecule has 0 unspecified atom stereocenters.